The van der Waals surface area contributed by atoms with Crippen LogP contribution in [0.1, 0.15) is 57.8 Å². The number of nitrogens with one attached hydrogen (secondary N) is 1. The minimum Gasteiger partial charge on any atom is -0.307 e. The van der Waals surface area contributed by atoms with Crippen molar-refractivity contribution < 1.29 is 4.79 Å². The summed E-state index contributed by atoms with van der Waals surface area (Å²) in [6, 6.07) is 0.0447. The molecule has 1 N–H and O–H groups in total. The number of hydrogen-bond donors (Lipinski definition) is 1. The summed E-state index contributed by atoms with van der Waals surface area (Å²) in [6.07, 6.45) is 10.2. The Morgan fingerprint density at radius 3 is 2.78 bits per heavy atom. The fraction of sp³-hybridized carbons (Fsp3) is 0.733. The lowest BCUT2D eigenvalue weighted by Crippen LogP contribution is -2.44. The smallest absolute Gasteiger partial charge is 0.193 e. The molecule has 1 saturated heterocycles. The zero-order valence-corrected chi connectivity index (χ0v) is 11.0. The van der Waals surface area contributed by atoms with Gasteiger partial charge in [-0.25, -0.2) is 0 Å². The predicted molar refractivity (Wildman–Crippen MR) is 72.8 cm³/mol. The molecule has 18 heavy (non-hydrogen) atoms. The Morgan fingerprint density at radius 2 is 1.94 bits per heavy atom. The Labute approximate surface area is 109 Å². The van der Waals surface area contributed by atoms with Gasteiger partial charge in [-0.1, -0.05) is 6.42 Å². The zero-order valence-electron chi connectivity index (χ0n) is 11.0. The van der Waals surface area contributed by atoms with Crippen LogP contribution in [0.4, 0.5) is 0 Å². The topological polar surface area (TPSA) is 41.5 Å². The molecule has 1 fully saturated rings. The highest BCUT2D eigenvalue weighted by Gasteiger charge is 2.27. The quantitative estimate of drug-likeness (QED) is 0.814. The van der Waals surface area contributed by atoms with Gasteiger partial charge in [0, 0.05) is 5.70 Å². The number of Topliss-reactive ketones (excluding diaryl/α,β-unsaturated/α-hetero) is 1. The van der Waals surface area contributed by atoms with Gasteiger partial charge >= 0.3 is 0 Å². The molecule has 0 aromatic rings. The average molecular weight is 246 g/mol. The molecule has 0 bridgehead atoms. The number of nitrogens with zero attached hydrogens (tertiary/aromatic N) is 1. The van der Waals surface area contributed by atoms with Crippen LogP contribution < -0.4 is 5.32 Å². The van der Waals surface area contributed by atoms with E-state index in [0.29, 0.717) is 0 Å². The lowest BCUT2D eigenvalue weighted by Gasteiger charge is -2.26. The van der Waals surface area contributed by atoms with Crippen LogP contribution >= 0.6 is 0 Å². The largest absolute Gasteiger partial charge is 0.307 e. The van der Waals surface area contributed by atoms with Gasteiger partial charge in [-0.3, -0.25) is 9.79 Å². The molecule has 2 heterocycles. The Bertz CT molecular complexity index is 403. The van der Waals surface area contributed by atoms with Crippen LogP contribution in [-0.4, -0.2) is 24.1 Å². The van der Waals surface area contributed by atoms with Crippen molar-refractivity contribution in [2.24, 2.45) is 4.99 Å². The van der Waals surface area contributed by atoms with Crippen LogP contribution in [0.2, 0.25) is 0 Å². The van der Waals surface area contributed by atoms with Gasteiger partial charge in [-0.15, -0.1) is 0 Å². The van der Waals surface area contributed by atoms with E-state index in [1.807, 2.05) is 0 Å². The van der Waals surface area contributed by atoms with Gasteiger partial charge < -0.3 is 5.32 Å². The number of carbonyl (C=O) groups excluding carboxylic acids is 1. The van der Waals surface area contributed by atoms with Crippen molar-refractivity contribution in [2.75, 3.05) is 6.54 Å². The second kappa shape index (κ2) is 5.35. The molecule has 1 aliphatic carbocycles. The minimum atomic E-state index is 0.0447. The number of ketones is 1. The lowest BCUT2D eigenvalue weighted by molar-refractivity contribution is -0.115. The summed E-state index contributed by atoms with van der Waals surface area (Å²) in [5.74, 6) is 0.270. The van der Waals surface area contributed by atoms with Crippen molar-refractivity contribution in [3.05, 3.63) is 11.3 Å². The summed E-state index contributed by atoms with van der Waals surface area (Å²) in [4.78, 5) is 17.1. The summed E-state index contributed by atoms with van der Waals surface area (Å²) in [7, 11) is 0. The van der Waals surface area contributed by atoms with Crippen LogP contribution in [0.15, 0.2) is 16.3 Å². The Balaban J connectivity index is 1.74. The van der Waals surface area contributed by atoms with Crippen LogP contribution in [0.5, 0.6) is 0 Å². The predicted octanol–water partition coefficient (Wildman–Crippen LogP) is 2.76. The molecule has 0 spiro atoms. The third kappa shape index (κ3) is 2.41. The van der Waals surface area contributed by atoms with Gasteiger partial charge in [-0.05, 0) is 63.5 Å². The maximum Gasteiger partial charge on any atom is 0.193 e. The molecule has 2 aliphatic heterocycles. The highest BCUT2D eigenvalue weighted by atomic mass is 16.1. The maximum absolute atomic E-state index is 12.4. The van der Waals surface area contributed by atoms with Crippen LogP contribution in [-0.2, 0) is 4.79 Å². The molecule has 0 radical (unpaired) electrons. The molecular weight excluding hydrogens is 224 g/mol. The van der Waals surface area contributed by atoms with E-state index in [2.05, 4.69) is 10.3 Å². The van der Waals surface area contributed by atoms with E-state index in [1.54, 1.807) is 0 Å². The SMILES string of the molecule is O=C(C1=NC2=C(CCCC2)CC1)C1CCCCN1. The zero-order chi connectivity index (χ0) is 12.4. The van der Waals surface area contributed by atoms with E-state index >= 15 is 0 Å². The second-order valence-corrected chi connectivity index (χ2v) is 5.68. The fourth-order valence-electron chi connectivity index (χ4n) is 3.30. The Kier molecular flexibility index (Phi) is 3.59. The van der Waals surface area contributed by atoms with Gasteiger partial charge in [0.2, 0.25) is 0 Å². The van der Waals surface area contributed by atoms with Crippen molar-refractivity contribution in [2.45, 2.75) is 63.8 Å². The molecule has 0 aromatic carbocycles. The highest BCUT2D eigenvalue weighted by molar-refractivity contribution is 6.42. The van der Waals surface area contributed by atoms with Crippen LogP contribution in [0.3, 0.4) is 0 Å². The van der Waals surface area contributed by atoms with Crippen molar-refractivity contribution >= 4 is 11.5 Å². The van der Waals surface area contributed by atoms with E-state index in [4.69, 9.17) is 0 Å². The first-order valence-electron chi connectivity index (χ1n) is 7.40. The third-order valence-electron chi connectivity index (χ3n) is 4.39. The number of rotatable bonds is 2. The first-order chi connectivity index (χ1) is 8.84. The summed E-state index contributed by atoms with van der Waals surface area (Å²) < 4.78 is 0. The fourth-order valence-corrected chi connectivity index (χ4v) is 3.30. The molecule has 3 heteroatoms. The van der Waals surface area contributed by atoms with E-state index in [0.717, 1.165) is 37.9 Å². The number of carbonyl (C=O) groups is 1. The number of piperidine rings is 1. The molecule has 98 valence electrons. The Hall–Kier alpha value is -0.960. The molecule has 1 atom stereocenters. The minimum absolute atomic E-state index is 0.0447. The van der Waals surface area contributed by atoms with E-state index in [9.17, 15) is 4.79 Å². The maximum atomic E-state index is 12.4. The van der Waals surface area contributed by atoms with Crippen molar-refractivity contribution in [3.8, 4) is 0 Å². The number of allylic oxidation sites excluding steroid dienone is 2. The first kappa shape index (κ1) is 12.1. The summed E-state index contributed by atoms with van der Waals surface area (Å²) in [5.41, 5.74) is 3.61. The van der Waals surface area contributed by atoms with Gasteiger partial charge in [0.25, 0.3) is 0 Å². The van der Waals surface area contributed by atoms with Gasteiger partial charge in [0.05, 0.1) is 11.8 Å². The van der Waals surface area contributed by atoms with Gasteiger partial charge in [0.1, 0.15) is 0 Å². The first-order valence-corrected chi connectivity index (χ1v) is 7.40. The third-order valence-corrected chi connectivity index (χ3v) is 4.39. The summed E-state index contributed by atoms with van der Waals surface area (Å²) in [6.45, 7) is 0.984. The molecule has 3 nitrogen and oxygen atoms in total. The average Bonchev–Trinajstić information content (AvgIpc) is 2.47. The molecule has 1 unspecified atom stereocenters. The molecule has 3 rings (SSSR count). The summed E-state index contributed by atoms with van der Waals surface area (Å²) in [5, 5.41) is 3.34. The van der Waals surface area contributed by atoms with Gasteiger partial charge in [-0.2, -0.15) is 0 Å². The van der Waals surface area contributed by atoms with Crippen molar-refractivity contribution in [1.82, 2.24) is 5.32 Å². The molecule has 0 saturated carbocycles. The van der Waals surface area contributed by atoms with Crippen molar-refractivity contribution in [1.29, 1.82) is 0 Å². The summed E-state index contributed by atoms with van der Waals surface area (Å²) >= 11 is 0. The molecular formula is C15H22N2O. The van der Waals surface area contributed by atoms with E-state index < -0.39 is 0 Å². The van der Waals surface area contributed by atoms with Gasteiger partial charge in [0.15, 0.2) is 5.78 Å². The molecule has 0 aromatic heterocycles. The van der Waals surface area contributed by atoms with E-state index in [1.165, 1.54) is 43.4 Å². The molecule has 3 aliphatic rings. The standard InChI is InChI=1S/C15H22N2O/c18-15(13-7-3-4-10-16-13)14-9-8-11-5-1-2-6-12(11)17-14/h13,16H,1-10H2. The van der Waals surface area contributed by atoms with E-state index in [-0.39, 0.29) is 11.8 Å². The number of hydrogen-bond acceptors (Lipinski definition) is 3. The normalized spacial score (nSPS) is 28.7. The molecule has 0 amide bonds. The van der Waals surface area contributed by atoms with Crippen LogP contribution in [0.25, 0.3) is 0 Å². The monoisotopic (exact) mass is 246 g/mol. The van der Waals surface area contributed by atoms with Crippen LogP contribution in [0, 0.1) is 0 Å². The number of aliphatic imine (C=N–C) groups is 1. The lowest BCUT2D eigenvalue weighted by atomic mass is 9.88. The highest BCUT2D eigenvalue weighted by Crippen LogP contribution is 2.32. The Morgan fingerprint density at radius 1 is 1.06 bits per heavy atom. The van der Waals surface area contributed by atoms with Crippen molar-refractivity contribution in [3.63, 3.8) is 0 Å². The second-order valence-electron chi connectivity index (χ2n) is 5.68.